The van der Waals surface area contributed by atoms with Crippen LogP contribution >= 0.6 is 0 Å². The summed E-state index contributed by atoms with van der Waals surface area (Å²) in [6.07, 6.45) is 0.0224. The first-order valence-electron chi connectivity index (χ1n) is 7.37. The van der Waals surface area contributed by atoms with Crippen LogP contribution in [-0.2, 0) is 20.7 Å². The minimum absolute atomic E-state index is 0.355. The van der Waals surface area contributed by atoms with Gasteiger partial charge in [0, 0.05) is 6.54 Å². The molecular weight excluding hydrogens is 296 g/mol. The van der Waals surface area contributed by atoms with Crippen LogP contribution in [0, 0.1) is 11.3 Å². The highest BCUT2D eigenvalue weighted by Crippen LogP contribution is 2.32. The van der Waals surface area contributed by atoms with Gasteiger partial charge < -0.3 is 9.47 Å². The number of esters is 1. The third-order valence-corrected chi connectivity index (χ3v) is 3.56. The Balaban J connectivity index is 2.43. The lowest BCUT2D eigenvalue weighted by atomic mass is 9.91. The van der Waals surface area contributed by atoms with Gasteiger partial charge in [-0.1, -0.05) is 6.07 Å². The predicted octanol–water partition coefficient (Wildman–Crippen LogP) is 2.57. The van der Waals surface area contributed by atoms with Crippen molar-refractivity contribution in [1.82, 2.24) is 4.90 Å². The number of hydrogen-bond donors (Lipinski definition) is 0. The molecule has 1 aliphatic rings. The Morgan fingerprint density at radius 1 is 1.35 bits per heavy atom. The van der Waals surface area contributed by atoms with Crippen LogP contribution in [0.4, 0.5) is 4.79 Å². The summed E-state index contributed by atoms with van der Waals surface area (Å²) in [6, 6.07) is 6.31. The fraction of sp³-hybridized carbons (Fsp3) is 0.471. The van der Waals surface area contributed by atoms with Crippen molar-refractivity contribution in [2.75, 3.05) is 13.7 Å². The molecule has 122 valence electrons. The van der Waals surface area contributed by atoms with Crippen LogP contribution in [0.1, 0.15) is 43.5 Å². The molecule has 1 aliphatic heterocycles. The van der Waals surface area contributed by atoms with Crippen molar-refractivity contribution in [3.63, 3.8) is 0 Å². The van der Waals surface area contributed by atoms with Crippen LogP contribution in [0.2, 0.25) is 0 Å². The number of amides is 1. The second-order valence-electron chi connectivity index (χ2n) is 6.37. The van der Waals surface area contributed by atoms with Crippen molar-refractivity contribution in [3.05, 3.63) is 34.9 Å². The fourth-order valence-electron chi connectivity index (χ4n) is 2.57. The van der Waals surface area contributed by atoms with E-state index in [4.69, 9.17) is 14.7 Å². The normalized spacial score (nSPS) is 17.0. The van der Waals surface area contributed by atoms with E-state index >= 15 is 0 Å². The average Bonchev–Trinajstić information content (AvgIpc) is 2.50. The molecule has 2 rings (SSSR count). The van der Waals surface area contributed by atoms with Gasteiger partial charge in [-0.3, -0.25) is 4.90 Å². The Bertz CT molecular complexity index is 670. The molecule has 0 radical (unpaired) electrons. The highest BCUT2D eigenvalue weighted by molar-refractivity contribution is 5.84. The quantitative estimate of drug-likeness (QED) is 0.744. The zero-order valence-corrected chi connectivity index (χ0v) is 13.8. The molecule has 1 unspecified atom stereocenters. The molecule has 1 heterocycles. The van der Waals surface area contributed by atoms with Crippen molar-refractivity contribution in [2.45, 2.75) is 38.8 Å². The fourth-order valence-corrected chi connectivity index (χ4v) is 2.57. The Hall–Kier alpha value is -2.55. The van der Waals surface area contributed by atoms with Crippen LogP contribution in [0.15, 0.2) is 18.2 Å². The summed E-state index contributed by atoms with van der Waals surface area (Å²) in [5, 5.41) is 9.08. The standard InChI is InChI=1S/C17H20N2O4/c1-17(2,3)23-16(21)19-8-7-12-6-5-11(10-18)9-13(12)14(19)15(20)22-4/h5-6,9,14H,7-8H2,1-4H3. The van der Waals surface area contributed by atoms with Gasteiger partial charge in [-0.15, -0.1) is 0 Å². The number of ether oxygens (including phenoxy) is 2. The van der Waals surface area contributed by atoms with Crippen molar-refractivity contribution in [3.8, 4) is 6.07 Å². The molecule has 6 nitrogen and oxygen atoms in total. The van der Waals surface area contributed by atoms with E-state index in [0.29, 0.717) is 24.1 Å². The molecule has 0 N–H and O–H groups in total. The van der Waals surface area contributed by atoms with Crippen molar-refractivity contribution in [2.24, 2.45) is 0 Å². The van der Waals surface area contributed by atoms with E-state index in [0.717, 1.165) is 5.56 Å². The molecule has 1 amide bonds. The molecule has 23 heavy (non-hydrogen) atoms. The van der Waals surface area contributed by atoms with E-state index in [2.05, 4.69) is 6.07 Å². The summed E-state index contributed by atoms with van der Waals surface area (Å²) in [6.45, 7) is 5.66. The third kappa shape index (κ3) is 3.62. The zero-order valence-electron chi connectivity index (χ0n) is 13.8. The van der Waals surface area contributed by atoms with Crippen LogP contribution in [0.3, 0.4) is 0 Å². The van der Waals surface area contributed by atoms with Crippen molar-refractivity contribution in [1.29, 1.82) is 5.26 Å². The first kappa shape index (κ1) is 16.8. The lowest BCUT2D eigenvalue weighted by Crippen LogP contribution is -2.46. The first-order chi connectivity index (χ1) is 10.8. The smallest absolute Gasteiger partial charge is 0.411 e. The lowest BCUT2D eigenvalue weighted by molar-refractivity contribution is -0.147. The Labute approximate surface area is 135 Å². The van der Waals surface area contributed by atoms with Gasteiger partial charge >= 0.3 is 12.1 Å². The van der Waals surface area contributed by atoms with Gasteiger partial charge in [0.25, 0.3) is 0 Å². The highest BCUT2D eigenvalue weighted by Gasteiger charge is 2.38. The molecular formula is C17H20N2O4. The molecule has 0 spiro atoms. The maximum atomic E-state index is 12.4. The number of carbonyl (C=O) groups is 2. The number of methoxy groups -OCH3 is 1. The Morgan fingerprint density at radius 3 is 2.61 bits per heavy atom. The number of fused-ring (bicyclic) bond motifs is 1. The maximum Gasteiger partial charge on any atom is 0.411 e. The zero-order chi connectivity index (χ0) is 17.2. The SMILES string of the molecule is COC(=O)C1c2cc(C#N)ccc2CCN1C(=O)OC(C)(C)C. The number of carbonyl (C=O) groups excluding carboxylic acids is 2. The van der Waals surface area contributed by atoms with Crippen molar-refractivity contribution < 1.29 is 19.1 Å². The number of rotatable bonds is 1. The van der Waals surface area contributed by atoms with E-state index in [1.807, 2.05) is 6.07 Å². The monoisotopic (exact) mass is 316 g/mol. The van der Waals surface area contributed by atoms with Crippen molar-refractivity contribution >= 4 is 12.1 Å². The van der Waals surface area contributed by atoms with E-state index < -0.39 is 23.7 Å². The van der Waals surface area contributed by atoms with Gasteiger partial charge in [0.15, 0.2) is 6.04 Å². The molecule has 6 heteroatoms. The molecule has 0 aliphatic carbocycles. The largest absolute Gasteiger partial charge is 0.467 e. The summed E-state index contributed by atoms with van der Waals surface area (Å²) in [5.41, 5.74) is 1.32. The van der Waals surface area contributed by atoms with Gasteiger partial charge in [0.2, 0.25) is 0 Å². The second-order valence-corrected chi connectivity index (χ2v) is 6.37. The number of hydrogen-bond acceptors (Lipinski definition) is 5. The molecule has 1 atom stereocenters. The molecule has 0 aromatic heterocycles. The first-order valence-corrected chi connectivity index (χ1v) is 7.37. The van der Waals surface area contributed by atoms with Gasteiger partial charge in [-0.2, -0.15) is 5.26 Å². The number of nitriles is 1. The Morgan fingerprint density at radius 2 is 2.04 bits per heavy atom. The van der Waals surface area contributed by atoms with E-state index in [1.54, 1.807) is 32.9 Å². The second kappa shape index (κ2) is 6.29. The molecule has 0 saturated heterocycles. The van der Waals surface area contributed by atoms with E-state index in [1.165, 1.54) is 12.0 Å². The molecule has 0 bridgehead atoms. The third-order valence-electron chi connectivity index (χ3n) is 3.56. The summed E-state index contributed by atoms with van der Waals surface area (Å²) in [4.78, 5) is 26.1. The molecule has 1 aromatic rings. The van der Waals surface area contributed by atoms with Crippen LogP contribution < -0.4 is 0 Å². The average molecular weight is 316 g/mol. The van der Waals surface area contributed by atoms with Crippen LogP contribution in [-0.4, -0.2) is 36.2 Å². The molecule has 1 aromatic carbocycles. The summed E-state index contributed by atoms with van der Waals surface area (Å²) >= 11 is 0. The summed E-state index contributed by atoms with van der Waals surface area (Å²) < 4.78 is 10.2. The van der Waals surface area contributed by atoms with Crippen LogP contribution in [0.25, 0.3) is 0 Å². The topological polar surface area (TPSA) is 79.6 Å². The predicted molar refractivity (Wildman–Crippen MR) is 82.6 cm³/mol. The molecule has 0 saturated carbocycles. The van der Waals surface area contributed by atoms with E-state index in [9.17, 15) is 9.59 Å². The number of benzene rings is 1. The molecule has 0 fully saturated rings. The number of nitrogens with zero attached hydrogens (tertiary/aromatic N) is 2. The van der Waals surface area contributed by atoms with Gasteiger partial charge in [-0.05, 0) is 50.5 Å². The summed E-state index contributed by atoms with van der Waals surface area (Å²) in [5.74, 6) is -0.549. The highest BCUT2D eigenvalue weighted by atomic mass is 16.6. The lowest BCUT2D eigenvalue weighted by Gasteiger charge is -2.36. The van der Waals surface area contributed by atoms with Gasteiger partial charge in [-0.25, -0.2) is 9.59 Å². The maximum absolute atomic E-state index is 12.4. The van der Waals surface area contributed by atoms with E-state index in [-0.39, 0.29) is 0 Å². The summed E-state index contributed by atoms with van der Waals surface area (Å²) in [7, 11) is 1.28. The minimum atomic E-state index is -0.896. The minimum Gasteiger partial charge on any atom is -0.467 e. The van der Waals surface area contributed by atoms with Crippen LogP contribution in [0.5, 0.6) is 0 Å². The van der Waals surface area contributed by atoms with Gasteiger partial charge in [0.1, 0.15) is 5.60 Å². The Kier molecular flexibility index (Phi) is 4.60. The van der Waals surface area contributed by atoms with Gasteiger partial charge in [0.05, 0.1) is 18.7 Å².